The van der Waals surface area contributed by atoms with Crippen LogP contribution in [0.4, 0.5) is 0 Å². The van der Waals surface area contributed by atoms with Crippen LogP contribution >= 0.6 is 0 Å². The Hall–Kier alpha value is -3.92. The molecule has 0 spiro atoms. The van der Waals surface area contributed by atoms with Gasteiger partial charge in [0.25, 0.3) is 0 Å². The summed E-state index contributed by atoms with van der Waals surface area (Å²) < 4.78 is 7.06. The van der Waals surface area contributed by atoms with Crippen molar-refractivity contribution >= 4 is 22.7 Å². The second-order valence-corrected chi connectivity index (χ2v) is 5.93. The van der Waals surface area contributed by atoms with Gasteiger partial charge in [-0.3, -0.25) is 0 Å². The van der Waals surface area contributed by atoms with Gasteiger partial charge in [0.2, 0.25) is 5.88 Å². The lowest BCUT2D eigenvalue weighted by atomic mass is 10.2. The Morgan fingerprint density at radius 3 is 2.78 bits per heavy atom. The van der Waals surface area contributed by atoms with Crippen LogP contribution in [-0.4, -0.2) is 31.6 Å². The number of aromatic nitrogens is 5. The van der Waals surface area contributed by atoms with Crippen LogP contribution in [0.3, 0.4) is 0 Å². The molecule has 7 nitrogen and oxygen atoms in total. The number of methoxy groups -OCH3 is 1. The van der Waals surface area contributed by atoms with Gasteiger partial charge in [0.1, 0.15) is 17.7 Å². The van der Waals surface area contributed by atoms with Gasteiger partial charge >= 0.3 is 0 Å². The summed E-state index contributed by atoms with van der Waals surface area (Å²) in [6.07, 6.45) is 5.14. The van der Waals surface area contributed by atoms with Crippen molar-refractivity contribution in [1.82, 2.24) is 24.5 Å². The summed E-state index contributed by atoms with van der Waals surface area (Å²) in [6, 6.07) is 13.8. The predicted octanol–water partition coefficient (Wildman–Crippen LogP) is 3.43. The Bertz CT molecular complexity index is 1180. The van der Waals surface area contributed by atoms with E-state index in [1.54, 1.807) is 31.6 Å². The molecule has 132 valence electrons. The van der Waals surface area contributed by atoms with E-state index in [-0.39, 0.29) is 0 Å². The fraction of sp³-hybridized carbons (Fsp3) is 0.100. The third-order valence-corrected chi connectivity index (χ3v) is 4.28. The number of H-pyrrole nitrogens is 1. The smallest absolute Gasteiger partial charge is 0.215 e. The van der Waals surface area contributed by atoms with E-state index < -0.39 is 0 Å². The number of hydrogen-bond acceptors (Lipinski definition) is 5. The van der Waals surface area contributed by atoms with E-state index in [1.165, 1.54) is 0 Å². The van der Waals surface area contributed by atoms with Crippen molar-refractivity contribution in [2.24, 2.45) is 7.05 Å². The Kier molecular flexibility index (Phi) is 4.15. The first-order chi connectivity index (χ1) is 13.2. The normalized spacial score (nSPS) is 11.5. The molecule has 1 N–H and O–H groups in total. The van der Waals surface area contributed by atoms with Crippen molar-refractivity contribution in [3.8, 4) is 23.3 Å². The molecule has 0 unspecified atom stereocenters. The highest BCUT2D eigenvalue weighted by Gasteiger charge is 2.12. The fourth-order valence-electron chi connectivity index (χ4n) is 2.84. The van der Waals surface area contributed by atoms with Gasteiger partial charge < -0.3 is 14.3 Å². The summed E-state index contributed by atoms with van der Waals surface area (Å²) in [5.74, 6) is 1.78. The SMILES string of the molecule is COc1cc2nc(/C(C#N)=C/c3cnc(-c4ccccc4)n3C)[nH]c2cn1. The molecule has 0 saturated carbocycles. The molecule has 4 rings (SSSR count). The zero-order chi connectivity index (χ0) is 18.8. The maximum Gasteiger partial charge on any atom is 0.215 e. The average Bonchev–Trinajstić information content (AvgIpc) is 3.29. The quantitative estimate of drug-likeness (QED) is 0.566. The lowest BCUT2D eigenvalue weighted by molar-refractivity contribution is 0.398. The fourth-order valence-corrected chi connectivity index (χ4v) is 2.84. The highest BCUT2D eigenvalue weighted by Crippen LogP contribution is 2.23. The number of fused-ring (bicyclic) bond motifs is 1. The number of rotatable bonds is 4. The number of aromatic amines is 1. The minimum atomic E-state index is 0.410. The second kappa shape index (κ2) is 6.77. The van der Waals surface area contributed by atoms with Gasteiger partial charge in [-0.25, -0.2) is 15.0 Å². The van der Waals surface area contributed by atoms with Crippen LogP contribution in [0.5, 0.6) is 5.88 Å². The van der Waals surface area contributed by atoms with Crippen LogP contribution in [0.1, 0.15) is 11.5 Å². The van der Waals surface area contributed by atoms with Crippen molar-refractivity contribution in [1.29, 1.82) is 5.26 Å². The number of benzene rings is 1. The Morgan fingerprint density at radius 2 is 2.04 bits per heavy atom. The summed E-state index contributed by atoms with van der Waals surface area (Å²) in [4.78, 5) is 16.2. The summed E-state index contributed by atoms with van der Waals surface area (Å²) in [7, 11) is 3.47. The molecule has 0 saturated heterocycles. The Morgan fingerprint density at radius 1 is 1.22 bits per heavy atom. The van der Waals surface area contributed by atoms with Crippen LogP contribution in [0.25, 0.3) is 34.1 Å². The molecule has 0 aliphatic heterocycles. The molecule has 27 heavy (non-hydrogen) atoms. The van der Waals surface area contributed by atoms with Crippen molar-refractivity contribution in [2.45, 2.75) is 0 Å². The third kappa shape index (κ3) is 3.04. The number of imidazole rings is 2. The van der Waals surface area contributed by atoms with Crippen LogP contribution in [0.2, 0.25) is 0 Å². The van der Waals surface area contributed by atoms with E-state index in [1.807, 2.05) is 41.9 Å². The van der Waals surface area contributed by atoms with Crippen molar-refractivity contribution in [3.05, 3.63) is 60.3 Å². The number of hydrogen-bond donors (Lipinski definition) is 1. The van der Waals surface area contributed by atoms with Crippen LogP contribution < -0.4 is 4.74 Å². The van der Waals surface area contributed by atoms with Crippen LogP contribution in [0.15, 0.2) is 48.8 Å². The maximum absolute atomic E-state index is 9.63. The highest BCUT2D eigenvalue weighted by molar-refractivity contribution is 5.90. The minimum absolute atomic E-state index is 0.410. The van der Waals surface area contributed by atoms with E-state index in [0.717, 1.165) is 22.6 Å². The molecule has 0 aliphatic carbocycles. The predicted molar refractivity (Wildman–Crippen MR) is 103 cm³/mol. The molecule has 0 fully saturated rings. The standard InChI is InChI=1S/C20H16N6O/c1-26-15(11-23-20(26)13-6-4-3-5-7-13)8-14(10-21)19-24-16-9-18(27-2)22-12-17(16)25-19/h3-9,11-12H,1-2H3,(H,24,25)/b14-8+. The first-order valence-electron chi connectivity index (χ1n) is 8.28. The van der Waals surface area contributed by atoms with E-state index >= 15 is 0 Å². The van der Waals surface area contributed by atoms with E-state index in [2.05, 4.69) is 26.0 Å². The number of nitrogens with zero attached hydrogens (tertiary/aromatic N) is 5. The molecule has 0 atom stereocenters. The number of nitriles is 1. The van der Waals surface area contributed by atoms with E-state index in [4.69, 9.17) is 4.74 Å². The van der Waals surface area contributed by atoms with Crippen molar-refractivity contribution in [3.63, 3.8) is 0 Å². The minimum Gasteiger partial charge on any atom is -0.481 e. The van der Waals surface area contributed by atoms with Gasteiger partial charge in [0.15, 0.2) is 0 Å². The maximum atomic E-state index is 9.63. The molecule has 7 heteroatoms. The summed E-state index contributed by atoms with van der Waals surface area (Å²) in [6.45, 7) is 0. The molecule has 3 heterocycles. The summed E-state index contributed by atoms with van der Waals surface area (Å²) in [5, 5.41) is 9.63. The first kappa shape index (κ1) is 16.5. The molecule has 0 radical (unpaired) electrons. The van der Waals surface area contributed by atoms with Gasteiger partial charge in [-0.2, -0.15) is 5.26 Å². The molecule has 3 aromatic heterocycles. The number of ether oxygens (including phenoxy) is 1. The van der Waals surface area contributed by atoms with Crippen LogP contribution in [-0.2, 0) is 7.05 Å². The molecule has 0 aliphatic rings. The number of allylic oxidation sites excluding steroid dienone is 1. The first-order valence-corrected chi connectivity index (χ1v) is 8.28. The average molecular weight is 356 g/mol. The van der Waals surface area contributed by atoms with Gasteiger partial charge in [-0.15, -0.1) is 0 Å². The van der Waals surface area contributed by atoms with Gasteiger partial charge in [0, 0.05) is 18.7 Å². The van der Waals surface area contributed by atoms with E-state index in [9.17, 15) is 5.26 Å². The van der Waals surface area contributed by atoms with Gasteiger partial charge in [-0.05, 0) is 6.08 Å². The Balaban J connectivity index is 1.74. The Labute approximate surface area is 155 Å². The summed E-state index contributed by atoms with van der Waals surface area (Å²) >= 11 is 0. The zero-order valence-corrected chi connectivity index (χ0v) is 14.8. The second-order valence-electron chi connectivity index (χ2n) is 5.93. The van der Waals surface area contributed by atoms with Gasteiger partial charge in [-0.1, -0.05) is 30.3 Å². The topological polar surface area (TPSA) is 92.4 Å². The largest absolute Gasteiger partial charge is 0.481 e. The molecular formula is C20H16N6O. The molecule has 1 aromatic carbocycles. The molecule has 0 amide bonds. The van der Waals surface area contributed by atoms with Gasteiger partial charge in [0.05, 0.1) is 41.8 Å². The summed E-state index contributed by atoms with van der Waals surface area (Å²) in [5.41, 5.74) is 3.66. The van der Waals surface area contributed by atoms with E-state index in [0.29, 0.717) is 22.8 Å². The third-order valence-electron chi connectivity index (χ3n) is 4.28. The zero-order valence-electron chi connectivity index (χ0n) is 14.8. The number of pyridine rings is 1. The molecular weight excluding hydrogens is 340 g/mol. The lowest BCUT2D eigenvalue weighted by Crippen LogP contribution is -1.95. The molecule has 4 aromatic rings. The van der Waals surface area contributed by atoms with Crippen molar-refractivity contribution in [2.75, 3.05) is 7.11 Å². The number of nitrogens with one attached hydrogen (secondary N) is 1. The highest BCUT2D eigenvalue weighted by atomic mass is 16.5. The monoisotopic (exact) mass is 356 g/mol. The van der Waals surface area contributed by atoms with Crippen molar-refractivity contribution < 1.29 is 4.74 Å². The lowest BCUT2D eigenvalue weighted by Gasteiger charge is -2.03. The molecule has 0 bridgehead atoms. The van der Waals surface area contributed by atoms with Crippen LogP contribution in [0, 0.1) is 11.3 Å².